The van der Waals surface area contributed by atoms with Crippen molar-refractivity contribution in [2.45, 2.75) is 63.3 Å². The first-order valence-corrected chi connectivity index (χ1v) is 14.2. The number of hydrogen-bond acceptors (Lipinski definition) is 8. The standard InChI is InChI=1S/C28H27FN4O5S/c1-3-28(37)16-8-20-23-14(10-33(20)26(35)15(16)11-38-27(28)36)22-18(32-24(34)25-30-6-7-39-25)5-4-13-12(2)17(29)9-19(31-23)21(13)22/h8-9,18,25,30,37H,3-7,10-11H2,1-2H3,(H,32,34)/t18-,25+,28-/m0/s1. The van der Waals surface area contributed by atoms with Crippen molar-refractivity contribution >= 4 is 34.5 Å². The van der Waals surface area contributed by atoms with Crippen molar-refractivity contribution in [2.24, 2.45) is 0 Å². The number of aryl methyl sites for hydroxylation is 1. The average Bonchev–Trinajstić information content (AvgIpc) is 3.59. The molecule has 2 aromatic heterocycles. The van der Waals surface area contributed by atoms with Gasteiger partial charge in [-0.25, -0.2) is 14.2 Å². The molecule has 0 saturated carbocycles. The van der Waals surface area contributed by atoms with Gasteiger partial charge in [0.25, 0.3) is 5.56 Å². The highest BCUT2D eigenvalue weighted by atomic mass is 32.2. The van der Waals surface area contributed by atoms with Crippen LogP contribution in [-0.4, -0.2) is 44.2 Å². The summed E-state index contributed by atoms with van der Waals surface area (Å²) < 4.78 is 21.8. The van der Waals surface area contributed by atoms with Gasteiger partial charge in [0.2, 0.25) is 5.91 Å². The summed E-state index contributed by atoms with van der Waals surface area (Å²) in [6, 6.07) is 2.73. The number of amides is 1. The summed E-state index contributed by atoms with van der Waals surface area (Å²) in [5.74, 6) is -0.382. The van der Waals surface area contributed by atoms with Crippen LogP contribution in [0, 0.1) is 12.7 Å². The molecule has 11 heteroatoms. The summed E-state index contributed by atoms with van der Waals surface area (Å²) in [4.78, 5) is 44.2. The first-order chi connectivity index (χ1) is 18.7. The molecular weight excluding hydrogens is 523 g/mol. The molecule has 0 spiro atoms. The number of carbonyl (C=O) groups excluding carboxylic acids is 2. The largest absolute Gasteiger partial charge is 0.458 e. The summed E-state index contributed by atoms with van der Waals surface area (Å²) in [6.07, 6.45) is 1.22. The molecule has 1 amide bonds. The van der Waals surface area contributed by atoms with Crippen molar-refractivity contribution in [3.8, 4) is 11.4 Å². The van der Waals surface area contributed by atoms with E-state index in [4.69, 9.17) is 9.72 Å². The Bertz CT molecular complexity index is 1680. The van der Waals surface area contributed by atoms with Gasteiger partial charge in [-0.1, -0.05) is 6.92 Å². The van der Waals surface area contributed by atoms with Gasteiger partial charge in [-0.05, 0) is 48.9 Å². The smallest absolute Gasteiger partial charge is 0.343 e. The predicted octanol–water partition coefficient (Wildman–Crippen LogP) is 2.29. The van der Waals surface area contributed by atoms with E-state index in [9.17, 15) is 19.5 Å². The van der Waals surface area contributed by atoms with Crippen molar-refractivity contribution in [1.82, 2.24) is 20.2 Å². The molecule has 202 valence electrons. The minimum absolute atomic E-state index is 0.0418. The lowest BCUT2D eigenvalue weighted by molar-refractivity contribution is -0.172. The number of aliphatic hydroxyl groups is 1. The van der Waals surface area contributed by atoms with E-state index in [2.05, 4.69) is 10.6 Å². The number of esters is 1. The van der Waals surface area contributed by atoms with Gasteiger partial charge in [0, 0.05) is 34.9 Å². The molecular formula is C28H27FN4O5S. The monoisotopic (exact) mass is 550 g/mol. The van der Waals surface area contributed by atoms with E-state index in [-0.39, 0.29) is 59.4 Å². The number of rotatable bonds is 3. The highest BCUT2D eigenvalue weighted by Crippen LogP contribution is 2.46. The van der Waals surface area contributed by atoms with Gasteiger partial charge in [-0.2, -0.15) is 0 Å². The number of aromatic nitrogens is 2. The summed E-state index contributed by atoms with van der Waals surface area (Å²) >= 11 is 1.56. The third kappa shape index (κ3) is 3.39. The maximum absolute atomic E-state index is 15.0. The van der Waals surface area contributed by atoms with Crippen molar-refractivity contribution in [3.05, 3.63) is 61.7 Å². The van der Waals surface area contributed by atoms with Crippen LogP contribution >= 0.6 is 11.8 Å². The Morgan fingerprint density at radius 3 is 2.90 bits per heavy atom. The van der Waals surface area contributed by atoms with E-state index >= 15 is 4.39 Å². The van der Waals surface area contributed by atoms with E-state index in [1.807, 2.05) is 0 Å². The van der Waals surface area contributed by atoms with E-state index in [0.717, 1.165) is 34.4 Å². The Kier molecular flexibility index (Phi) is 5.46. The number of carbonyl (C=O) groups is 2. The van der Waals surface area contributed by atoms with E-state index < -0.39 is 11.6 Å². The molecule has 39 heavy (non-hydrogen) atoms. The molecule has 4 aliphatic rings. The molecule has 0 unspecified atom stereocenters. The molecule has 3 N–H and O–H groups in total. The Balaban J connectivity index is 1.46. The second-order valence-corrected chi connectivity index (χ2v) is 11.8. The van der Waals surface area contributed by atoms with Gasteiger partial charge in [0.05, 0.1) is 35.1 Å². The number of nitrogens with zero attached hydrogens (tertiary/aromatic N) is 2. The molecule has 1 fully saturated rings. The van der Waals surface area contributed by atoms with Gasteiger partial charge in [0.15, 0.2) is 5.60 Å². The number of nitrogens with one attached hydrogen (secondary N) is 2. The quantitative estimate of drug-likeness (QED) is 0.332. The summed E-state index contributed by atoms with van der Waals surface area (Å²) in [7, 11) is 0. The summed E-state index contributed by atoms with van der Waals surface area (Å²) in [5, 5.41) is 18.1. The highest BCUT2D eigenvalue weighted by molar-refractivity contribution is 8.00. The van der Waals surface area contributed by atoms with E-state index in [1.165, 1.54) is 6.07 Å². The normalized spacial score (nSPS) is 24.8. The van der Waals surface area contributed by atoms with Crippen molar-refractivity contribution in [1.29, 1.82) is 0 Å². The summed E-state index contributed by atoms with van der Waals surface area (Å²) in [5.41, 5.74) is 2.67. The zero-order valence-corrected chi connectivity index (χ0v) is 22.3. The lowest BCUT2D eigenvalue weighted by Crippen LogP contribution is -2.44. The molecule has 0 bridgehead atoms. The van der Waals surface area contributed by atoms with Crippen LogP contribution < -0.4 is 16.2 Å². The summed E-state index contributed by atoms with van der Waals surface area (Å²) in [6.45, 7) is 4.18. The van der Waals surface area contributed by atoms with Crippen molar-refractivity contribution in [2.75, 3.05) is 12.3 Å². The van der Waals surface area contributed by atoms with Gasteiger partial charge < -0.3 is 19.7 Å². The number of benzene rings is 1. The third-order valence-corrected chi connectivity index (χ3v) is 9.80. The van der Waals surface area contributed by atoms with Crippen LogP contribution in [-0.2, 0) is 39.5 Å². The maximum atomic E-state index is 15.0. The lowest BCUT2D eigenvalue weighted by Gasteiger charge is -2.31. The predicted molar refractivity (Wildman–Crippen MR) is 143 cm³/mol. The minimum atomic E-state index is -1.94. The maximum Gasteiger partial charge on any atom is 0.343 e. The minimum Gasteiger partial charge on any atom is -0.458 e. The van der Waals surface area contributed by atoms with Crippen LogP contribution in [0.1, 0.15) is 59.2 Å². The van der Waals surface area contributed by atoms with Gasteiger partial charge in [0.1, 0.15) is 17.8 Å². The van der Waals surface area contributed by atoms with Crippen LogP contribution in [0.25, 0.3) is 22.3 Å². The number of thioether (sulfide) groups is 1. The average molecular weight is 551 g/mol. The first kappa shape index (κ1) is 24.7. The zero-order valence-electron chi connectivity index (χ0n) is 21.5. The molecule has 3 aromatic rings. The molecule has 3 atom stereocenters. The number of hydrogen-bond donors (Lipinski definition) is 3. The third-order valence-electron chi connectivity index (χ3n) is 8.65. The fraction of sp³-hybridized carbons (Fsp3) is 0.429. The number of fused-ring (bicyclic) bond motifs is 5. The number of pyridine rings is 2. The Hall–Kier alpha value is -3.28. The molecule has 1 aromatic carbocycles. The first-order valence-electron chi connectivity index (χ1n) is 13.2. The van der Waals surface area contributed by atoms with Crippen LogP contribution in [0.3, 0.4) is 0 Å². The van der Waals surface area contributed by atoms with Gasteiger partial charge >= 0.3 is 5.97 Å². The fourth-order valence-corrected chi connectivity index (χ4v) is 7.47. The topological polar surface area (TPSA) is 123 Å². The Morgan fingerprint density at radius 2 is 2.15 bits per heavy atom. The number of cyclic esters (lactones) is 1. The molecule has 7 rings (SSSR count). The van der Waals surface area contributed by atoms with E-state index in [1.54, 1.807) is 36.2 Å². The highest BCUT2D eigenvalue weighted by Gasteiger charge is 2.46. The molecule has 1 saturated heterocycles. The van der Waals surface area contributed by atoms with Crippen molar-refractivity contribution < 1.29 is 23.8 Å². The second-order valence-electron chi connectivity index (χ2n) is 10.6. The van der Waals surface area contributed by atoms with Crippen LogP contribution in [0.2, 0.25) is 0 Å². The number of halogens is 1. The molecule has 1 aliphatic carbocycles. The van der Waals surface area contributed by atoms with E-state index in [0.29, 0.717) is 35.3 Å². The molecule has 0 radical (unpaired) electrons. The lowest BCUT2D eigenvalue weighted by atomic mass is 9.81. The van der Waals surface area contributed by atoms with Crippen LogP contribution in [0.5, 0.6) is 0 Å². The van der Waals surface area contributed by atoms with Gasteiger partial charge in [-0.3, -0.25) is 14.9 Å². The molecule has 9 nitrogen and oxygen atoms in total. The fourth-order valence-electron chi connectivity index (χ4n) is 6.54. The molecule has 3 aliphatic heterocycles. The Morgan fingerprint density at radius 1 is 1.33 bits per heavy atom. The Labute approximate surface area is 227 Å². The number of ether oxygens (including phenoxy) is 1. The SMILES string of the molecule is CC[C@@]1(O)C(=O)OCc2c1cc1n(c2=O)Cc2c-1nc1cc(F)c(C)c3c1c2[C@@H](NC(=O)[C@@H]1NCCS1)CC3. The second kappa shape index (κ2) is 8.61. The van der Waals surface area contributed by atoms with Crippen LogP contribution in [0.4, 0.5) is 4.39 Å². The van der Waals surface area contributed by atoms with Crippen molar-refractivity contribution in [3.63, 3.8) is 0 Å². The van der Waals surface area contributed by atoms with Gasteiger partial charge in [-0.15, -0.1) is 11.8 Å². The zero-order chi connectivity index (χ0) is 27.2. The van der Waals surface area contributed by atoms with Crippen LogP contribution in [0.15, 0.2) is 16.9 Å². The molecule has 5 heterocycles.